The van der Waals surface area contributed by atoms with Crippen LogP contribution in [0.3, 0.4) is 0 Å². The zero-order valence-electron chi connectivity index (χ0n) is 13.2. The Bertz CT molecular complexity index is 719. The van der Waals surface area contributed by atoms with Crippen molar-refractivity contribution in [2.24, 2.45) is 0 Å². The maximum Gasteiger partial charge on any atom is 0.336 e. The van der Waals surface area contributed by atoms with E-state index in [-0.39, 0.29) is 5.63 Å². The summed E-state index contributed by atoms with van der Waals surface area (Å²) in [6.07, 6.45) is 4.68. The molecular weight excluding hydrogens is 264 g/mol. The summed E-state index contributed by atoms with van der Waals surface area (Å²) >= 11 is 0. The summed E-state index contributed by atoms with van der Waals surface area (Å²) in [5.41, 5.74) is 3.57. The van der Waals surface area contributed by atoms with E-state index < -0.39 is 0 Å². The predicted molar refractivity (Wildman–Crippen MR) is 86.2 cm³/mol. The normalized spacial score (nSPS) is 10.7. The van der Waals surface area contributed by atoms with E-state index in [1.165, 1.54) is 5.57 Å². The van der Waals surface area contributed by atoms with Crippen molar-refractivity contribution in [3.05, 3.63) is 51.4 Å². The van der Waals surface area contributed by atoms with E-state index in [9.17, 15) is 4.79 Å². The van der Waals surface area contributed by atoms with Crippen LogP contribution in [0.4, 0.5) is 0 Å². The van der Waals surface area contributed by atoms with Crippen LogP contribution >= 0.6 is 0 Å². The smallest absolute Gasteiger partial charge is 0.336 e. The number of hydrogen-bond donors (Lipinski definition) is 0. The lowest BCUT2D eigenvalue weighted by molar-refractivity contribution is 0.409. The molecule has 0 amide bonds. The van der Waals surface area contributed by atoms with E-state index in [1.54, 1.807) is 13.2 Å². The van der Waals surface area contributed by atoms with Gasteiger partial charge in [-0.15, -0.1) is 0 Å². The van der Waals surface area contributed by atoms with E-state index in [2.05, 4.69) is 26.8 Å². The number of hydrogen-bond acceptors (Lipinski definition) is 3. The van der Waals surface area contributed by atoms with Crippen molar-refractivity contribution in [2.45, 2.75) is 40.0 Å². The van der Waals surface area contributed by atoms with Gasteiger partial charge in [0.05, 0.1) is 7.11 Å². The number of fused-ring (bicyclic) bond motifs is 1. The lowest BCUT2D eigenvalue weighted by Crippen LogP contribution is -2.03. The van der Waals surface area contributed by atoms with Crippen LogP contribution in [0, 0.1) is 0 Å². The van der Waals surface area contributed by atoms with Crippen molar-refractivity contribution in [3.63, 3.8) is 0 Å². The Morgan fingerprint density at radius 1 is 1.33 bits per heavy atom. The molecule has 2 aromatic rings. The quantitative estimate of drug-likeness (QED) is 0.609. The minimum Gasteiger partial charge on any atom is -0.496 e. The van der Waals surface area contributed by atoms with Gasteiger partial charge in [0.15, 0.2) is 0 Å². The maximum absolute atomic E-state index is 11.8. The van der Waals surface area contributed by atoms with E-state index in [1.807, 2.05) is 12.1 Å². The third-order valence-electron chi connectivity index (χ3n) is 3.51. The van der Waals surface area contributed by atoms with Gasteiger partial charge < -0.3 is 9.15 Å². The van der Waals surface area contributed by atoms with Crippen molar-refractivity contribution in [2.75, 3.05) is 7.11 Å². The van der Waals surface area contributed by atoms with Gasteiger partial charge in [-0.05, 0) is 44.4 Å². The first-order valence-corrected chi connectivity index (χ1v) is 7.32. The van der Waals surface area contributed by atoms with Crippen LogP contribution < -0.4 is 10.4 Å². The van der Waals surface area contributed by atoms with Crippen LogP contribution in [-0.4, -0.2) is 7.11 Å². The number of methoxy groups -OCH3 is 1. The van der Waals surface area contributed by atoms with Gasteiger partial charge >= 0.3 is 5.63 Å². The fourth-order valence-corrected chi connectivity index (χ4v) is 2.50. The zero-order chi connectivity index (χ0) is 15.4. The second kappa shape index (κ2) is 6.61. The summed E-state index contributed by atoms with van der Waals surface area (Å²) in [7, 11) is 1.64. The first-order chi connectivity index (χ1) is 10.1. The van der Waals surface area contributed by atoms with Gasteiger partial charge in [-0.3, -0.25) is 0 Å². The molecule has 3 nitrogen and oxygen atoms in total. The van der Waals surface area contributed by atoms with Crippen molar-refractivity contribution in [1.29, 1.82) is 0 Å². The molecule has 0 spiro atoms. The molecule has 1 aromatic carbocycles. The number of rotatable bonds is 5. The molecule has 0 unspecified atom stereocenters. The van der Waals surface area contributed by atoms with Crippen LogP contribution in [0.1, 0.15) is 38.3 Å². The molecule has 0 radical (unpaired) electrons. The molecule has 0 fully saturated rings. The topological polar surface area (TPSA) is 39.4 Å². The molecule has 2 rings (SSSR count). The van der Waals surface area contributed by atoms with Gasteiger partial charge in [-0.25, -0.2) is 4.79 Å². The van der Waals surface area contributed by atoms with Crippen molar-refractivity contribution in [1.82, 2.24) is 0 Å². The summed E-state index contributed by atoms with van der Waals surface area (Å²) < 4.78 is 10.9. The highest BCUT2D eigenvalue weighted by molar-refractivity contribution is 5.85. The van der Waals surface area contributed by atoms with Gasteiger partial charge in [-0.1, -0.05) is 25.0 Å². The Morgan fingerprint density at radius 3 is 2.71 bits per heavy atom. The minimum absolute atomic E-state index is 0.294. The van der Waals surface area contributed by atoms with E-state index in [4.69, 9.17) is 9.15 Å². The van der Waals surface area contributed by atoms with Gasteiger partial charge in [0, 0.05) is 17.0 Å². The average molecular weight is 286 g/mol. The monoisotopic (exact) mass is 286 g/mol. The molecule has 1 aromatic heterocycles. The van der Waals surface area contributed by atoms with Gasteiger partial charge in [0.25, 0.3) is 0 Å². The Hall–Kier alpha value is -2.03. The Labute approximate surface area is 125 Å². The van der Waals surface area contributed by atoms with Crippen LogP contribution in [0.15, 0.2) is 39.1 Å². The first-order valence-electron chi connectivity index (χ1n) is 7.32. The second-order valence-electron chi connectivity index (χ2n) is 5.45. The highest BCUT2D eigenvalue weighted by Gasteiger charge is 2.13. The third kappa shape index (κ3) is 3.35. The van der Waals surface area contributed by atoms with Crippen LogP contribution in [0.2, 0.25) is 0 Å². The highest BCUT2D eigenvalue weighted by Crippen LogP contribution is 2.30. The van der Waals surface area contributed by atoms with Crippen LogP contribution in [-0.2, 0) is 12.8 Å². The zero-order valence-corrected chi connectivity index (χ0v) is 13.2. The van der Waals surface area contributed by atoms with Crippen molar-refractivity contribution >= 4 is 11.0 Å². The fraction of sp³-hybridized carbons (Fsp3) is 0.389. The Kier molecular flexibility index (Phi) is 4.84. The molecule has 0 aliphatic heterocycles. The molecule has 0 atom stereocenters. The van der Waals surface area contributed by atoms with Crippen molar-refractivity contribution < 1.29 is 9.15 Å². The molecule has 0 bridgehead atoms. The third-order valence-corrected chi connectivity index (χ3v) is 3.51. The molecular formula is C18H22O3. The number of allylic oxidation sites excluding steroid dienone is 2. The van der Waals surface area contributed by atoms with Gasteiger partial charge in [0.1, 0.15) is 11.3 Å². The largest absolute Gasteiger partial charge is 0.496 e. The van der Waals surface area contributed by atoms with E-state index in [0.29, 0.717) is 12.0 Å². The molecule has 0 N–H and O–H groups in total. The number of ether oxygens (including phenoxy) is 1. The lowest BCUT2D eigenvalue weighted by Gasteiger charge is -2.11. The predicted octanol–water partition coefficient (Wildman–Crippen LogP) is 4.26. The summed E-state index contributed by atoms with van der Waals surface area (Å²) in [4.78, 5) is 11.8. The minimum atomic E-state index is -0.294. The fourth-order valence-electron chi connectivity index (χ4n) is 2.50. The van der Waals surface area contributed by atoms with Crippen molar-refractivity contribution in [3.8, 4) is 5.75 Å². The standard InChI is InChI=1S/C18H22O3/c1-5-6-13-11-17(19)21-18-14(13)9-10-16(20-4)15(18)8-7-12(2)3/h7,9-11H,5-6,8H2,1-4H3. The molecule has 1 heterocycles. The number of benzene rings is 1. The maximum atomic E-state index is 11.8. The lowest BCUT2D eigenvalue weighted by atomic mass is 10.0. The first kappa shape index (κ1) is 15.4. The Balaban J connectivity index is 2.72. The molecule has 112 valence electrons. The molecule has 0 aliphatic carbocycles. The van der Waals surface area contributed by atoms with Crippen LogP contribution in [0.25, 0.3) is 11.0 Å². The molecule has 0 aliphatic rings. The van der Waals surface area contributed by atoms with E-state index in [0.717, 1.165) is 35.1 Å². The summed E-state index contributed by atoms with van der Waals surface area (Å²) in [5.74, 6) is 0.761. The van der Waals surface area contributed by atoms with Crippen LogP contribution in [0.5, 0.6) is 5.75 Å². The van der Waals surface area contributed by atoms with Gasteiger partial charge in [-0.2, -0.15) is 0 Å². The second-order valence-corrected chi connectivity index (χ2v) is 5.45. The summed E-state index contributed by atoms with van der Waals surface area (Å²) in [6.45, 7) is 6.21. The average Bonchev–Trinajstić information content (AvgIpc) is 2.44. The number of aryl methyl sites for hydroxylation is 1. The summed E-state index contributed by atoms with van der Waals surface area (Å²) in [6, 6.07) is 5.53. The molecule has 0 saturated heterocycles. The van der Waals surface area contributed by atoms with E-state index >= 15 is 0 Å². The highest BCUT2D eigenvalue weighted by atomic mass is 16.5. The molecule has 3 heteroatoms. The molecule has 0 saturated carbocycles. The Morgan fingerprint density at radius 2 is 2.10 bits per heavy atom. The molecule has 21 heavy (non-hydrogen) atoms. The summed E-state index contributed by atoms with van der Waals surface area (Å²) in [5, 5.41) is 1.01. The SMILES string of the molecule is CCCc1cc(=O)oc2c(CC=C(C)C)c(OC)ccc12. The van der Waals surface area contributed by atoms with Gasteiger partial charge in [0.2, 0.25) is 0 Å².